The summed E-state index contributed by atoms with van der Waals surface area (Å²) in [5.74, 6) is -1.51. The normalized spacial score (nSPS) is 17.7. The lowest BCUT2D eigenvalue weighted by Gasteiger charge is -2.26. The number of Topliss-reactive ketones (excluding diaryl/α,β-unsaturated/α-hetero) is 1. The molecule has 2 aromatic carbocycles. The fraction of sp³-hybridized carbons (Fsp3) is 0.304. The van der Waals surface area contributed by atoms with Gasteiger partial charge in [-0.15, -0.1) is 0 Å². The lowest BCUT2D eigenvalue weighted by molar-refractivity contribution is -0.384. The van der Waals surface area contributed by atoms with Crippen molar-refractivity contribution in [2.75, 3.05) is 13.7 Å². The van der Waals surface area contributed by atoms with Crippen molar-refractivity contribution >= 4 is 23.1 Å². The van der Waals surface area contributed by atoms with E-state index in [0.717, 1.165) is 12.8 Å². The van der Waals surface area contributed by atoms with Gasteiger partial charge < -0.3 is 14.7 Å². The monoisotopic (exact) mass is 424 g/mol. The number of unbranched alkanes of at least 4 members (excludes halogenated alkanes) is 2. The van der Waals surface area contributed by atoms with Crippen LogP contribution in [0.5, 0.6) is 5.75 Å². The Balaban J connectivity index is 2.19. The molecular weight excluding hydrogens is 400 g/mol. The first-order chi connectivity index (χ1) is 14.9. The van der Waals surface area contributed by atoms with Crippen molar-refractivity contribution in [3.05, 3.63) is 75.3 Å². The summed E-state index contributed by atoms with van der Waals surface area (Å²) in [5.41, 5.74) is 0.329. The smallest absolute Gasteiger partial charge is 0.295 e. The highest BCUT2D eigenvalue weighted by Gasteiger charge is 2.46. The average molecular weight is 424 g/mol. The maximum absolute atomic E-state index is 13.0. The van der Waals surface area contributed by atoms with Gasteiger partial charge in [-0.1, -0.05) is 50.1 Å². The van der Waals surface area contributed by atoms with Gasteiger partial charge in [0.2, 0.25) is 0 Å². The van der Waals surface area contributed by atoms with Gasteiger partial charge in [-0.05, 0) is 12.5 Å². The first kappa shape index (κ1) is 22.0. The molecule has 1 unspecified atom stereocenters. The standard InChI is InChI=1S/C23H24N2O6/c1-3-4-7-13-24-20(17-11-5-6-12-18(17)31-2)19(22(27)23(24)28)21(26)15-9-8-10-16(14-15)25(29)30/h5-6,8-12,14,20,26H,3-4,7,13H2,1-2H3/b21-19+. The number of ether oxygens (including phenoxy) is 1. The second-order valence-corrected chi connectivity index (χ2v) is 7.25. The lowest BCUT2D eigenvalue weighted by atomic mass is 9.94. The summed E-state index contributed by atoms with van der Waals surface area (Å²) >= 11 is 0. The zero-order valence-electron chi connectivity index (χ0n) is 17.4. The average Bonchev–Trinajstić information content (AvgIpc) is 3.03. The number of amides is 1. The fourth-order valence-corrected chi connectivity index (χ4v) is 3.78. The Bertz CT molecular complexity index is 1050. The van der Waals surface area contributed by atoms with Gasteiger partial charge in [0.05, 0.1) is 23.6 Å². The molecule has 0 bridgehead atoms. The topological polar surface area (TPSA) is 110 Å². The maximum atomic E-state index is 13.0. The molecule has 1 saturated heterocycles. The van der Waals surface area contributed by atoms with Crippen molar-refractivity contribution in [1.29, 1.82) is 0 Å². The molecule has 1 fully saturated rings. The van der Waals surface area contributed by atoms with Crippen molar-refractivity contribution in [2.45, 2.75) is 32.2 Å². The molecule has 0 aliphatic carbocycles. The van der Waals surface area contributed by atoms with Crippen LogP contribution in [0.4, 0.5) is 5.69 Å². The number of para-hydroxylation sites is 1. The van der Waals surface area contributed by atoms with Crippen LogP contribution in [-0.2, 0) is 9.59 Å². The number of hydrogen-bond donors (Lipinski definition) is 1. The third-order valence-electron chi connectivity index (χ3n) is 5.31. The number of non-ortho nitro benzene ring substituents is 1. The molecule has 0 saturated carbocycles. The van der Waals surface area contributed by atoms with Gasteiger partial charge in [-0.2, -0.15) is 0 Å². The first-order valence-electron chi connectivity index (χ1n) is 10.1. The highest BCUT2D eigenvalue weighted by atomic mass is 16.6. The molecule has 162 valence electrons. The molecule has 1 atom stereocenters. The number of nitrogens with zero attached hydrogens (tertiary/aromatic N) is 2. The molecule has 1 heterocycles. The maximum Gasteiger partial charge on any atom is 0.295 e. The first-order valence-corrected chi connectivity index (χ1v) is 10.1. The number of likely N-dealkylation sites (tertiary alicyclic amines) is 1. The van der Waals surface area contributed by atoms with Crippen LogP contribution in [-0.4, -0.2) is 40.3 Å². The van der Waals surface area contributed by atoms with Crippen LogP contribution in [0.1, 0.15) is 43.4 Å². The van der Waals surface area contributed by atoms with Crippen LogP contribution in [0.25, 0.3) is 5.76 Å². The number of benzene rings is 2. The summed E-state index contributed by atoms with van der Waals surface area (Å²) in [6.07, 6.45) is 2.52. The van der Waals surface area contributed by atoms with Crippen LogP contribution >= 0.6 is 0 Å². The van der Waals surface area contributed by atoms with Gasteiger partial charge in [-0.3, -0.25) is 19.7 Å². The highest BCUT2D eigenvalue weighted by Crippen LogP contribution is 2.42. The van der Waals surface area contributed by atoms with Crippen LogP contribution < -0.4 is 4.74 Å². The van der Waals surface area contributed by atoms with E-state index < -0.39 is 28.4 Å². The second-order valence-electron chi connectivity index (χ2n) is 7.25. The number of nitro benzene ring substituents is 1. The van der Waals surface area contributed by atoms with E-state index in [0.29, 0.717) is 24.3 Å². The van der Waals surface area contributed by atoms with Crippen molar-refractivity contribution in [3.8, 4) is 5.75 Å². The van der Waals surface area contributed by atoms with E-state index in [2.05, 4.69) is 0 Å². The quantitative estimate of drug-likeness (QED) is 0.170. The summed E-state index contributed by atoms with van der Waals surface area (Å²) in [6.45, 7) is 2.38. The highest BCUT2D eigenvalue weighted by molar-refractivity contribution is 6.46. The van der Waals surface area contributed by atoms with Crippen LogP contribution in [0, 0.1) is 10.1 Å². The van der Waals surface area contributed by atoms with Gasteiger partial charge in [0.25, 0.3) is 17.4 Å². The van der Waals surface area contributed by atoms with E-state index >= 15 is 0 Å². The van der Waals surface area contributed by atoms with E-state index in [9.17, 15) is 24.8 Å². The third kappa shape index (κ3) is 4.28. The van der Waals surface area contributed by atoms with E-state index in [1.165, 1.54) is 36.3 Å². The molecule has 8 heteroatoms. The summed E-state index contributed by atoms with van der Waals surface area (Å²) in [6, 6.07) is 11.5. The summed E-state index contributed by atoms with van der Waals surface area (Å²) in [7, 11) is 1.49. The Labute approximate surface area is 179 Å². The number of ketones is 1. The Morgan fingerprint density at radius 3 is 2.58 bits per heavy atom. The SMILES string of the molecule is CCCCCN1C(=O)C(=O)/C(=C(/O)c2cccc([N+](=O)[O-])c2)C1c1ccccc1OC. The number of aliphatic hydroxyl groups is 1. The molecule has 1 aliphatic heterocycles. The van der Waals surface area contributed by atoms with Crippen molar-refractivity contribution in [3.63, 3.8) is 0 Å². The zero-order chi connectivity index (χ0) is 22.5. The van der Waals surface area contributed by atoms with E-state index in [4.69, 9.17) is 4.74 Å². The van der Waals surface area contributed by atoms with Gasteiger partial charge in [0.15, 0.2) is 0 Å². The number of carbonyl (C=O) groups is 2. The zero-order valence-corrected chi connectivity index (χ0v) is 17.4. The largest absolute Gasteiger partial charge is 0.507 e. The van der Waals surface area contributed by atoms with E-state index in [-0.39, 0.29) is 16.8 Å². The molecule has 0 spiro atoms. The third-order valence-corrected chi connectivity index (χ3v) is 5.31. The molecule has 0 aromatic heterocycles. The molecule has 0 radical (unpaired) electrons. The van der Waals surface area contributed by atoms with E-state index in [1.807, 2.05) is 6.92 Å². The Morgan fingerprint density at radius 1 is 1.16 bits per heavy atom. The minimum absolute atomic E-state index is 0.0978. The van der Waals surface area contributed by atoms with Gasteiger partial charge >= 0.3 is 0 Å². The molecule has 31 heavy (non-hydrogen) atoms. The van der Waals surface area contributed by atoms with Gasteiger partial charge in [-0.25, -0.2) is 0 Å². The van der Waals surface area contributed by atoms with Gasteiger partial charge in [0, 0.05) is 29.8 Å². The summed E-state index contributed by atoms with van der Waals surface area (Å²) in [5, 5.41) is 22.2. The van der Waals surface area contributed by atoms with Crippen molar-refractivity contribution in [1.82, 2.24) is 4.90 Å². The summed E-state index contributed by atoms with van der Waals surface area (Å²) in [4.78, 5) is 37.9. The Morgan fingerprint density at radius 2 is 1.90 bits per heavy atom. The molecule has 1 amide bonds. The number of hydrogen-bond acceptors (Lipinski definition) is 6. The molecular formula is C23H24N2O6. The van der Waals surface area contributed by atoms with E-state index in [1.54, 1.807) is 24.3 Å². The number of aliphatic hydroxyl groups excluding tert-OH is 1. The lowest BCUT2D eigenvalue weighted by Crippen LogP contribution is -2.30. The number of nitro groups is 1. The van der Waals surface area contributed by atoms with Crippen molar-refractivity contribution < 1.29 is 24.4 Å². The summed E-state index contributed by atoms with van der Waals surface area (Å²) < 4.78 is 5.44. The second kappa shape index (κ2) is 9.42. The molecule has 1 N–H and O–H groups in total. The van der Waals surface area contributed by atoms with Crippen molar-refractivity contribution in [2.24, 2.45) is 0 Å². The van der Waals surface area contributed by atoms with Crippen LogP contribution in [0.3, 0.4) is 0 Å². The van der Waals surface area contributed by atoms with Crippen LogP contribution in [0.15, 0.2) is 54.1 Å². The molecule has 3 rings (SSSR count). The Kier molecular flexibility index (Phi) is 6.69. The Hall–Kier alpha value is -3.68. The minimum Gasteiger partial charge on any atom is -0.507 e. The molecule has 1 aliphatic rings. The molecule has 2 aromatic rings. The fourth-order valence-electron chi connectivity index (χ4n) is 3.78. The van der Waals surface area contributed by atoms with Gasteiger partial charge in [0.1, 0.15) is 11.5 Å². The predicted molar refractivity (Wildman–Crippen MR) is 115 cm³/mol. The number of rotatable bonds is 8. The minimum atomic E-state index is -0.854. The number of carbonyl (C=O) groups excluding carboxylic acids is 2. The predicted octanol–water partition coefficient (Wildman–Crippen LogP) is 4.22. The molecule has 8 nitrogen and oxygen atoms in total. The van der Waals surface area contributed by atoms with Crippen LogP contribution in [0.2, 0.25) is 0 Å². The number of methoxy groups -OCH3 is 1.